The molecule has 4 N–H and O–H groups in total. The van der Waals surface area contributed by atoms with Crippen LogP contribution in [0, 0.1) is 0 Å². The van der Waals surface area contributed by atoms with Gasteiger partial charge < -0.3 is 11.5 Å². The Hall–Kier alpha value is -0.980. The highest BCUT2D eigenvalue weighted by Gasteiger charge is 2.08. The molecular weight excluding hydrogens is 372 g/mol. The van der Waals surface area contributed by atoms with Gasteiger partial charge in [0.15, 0.2) is 0 Å². The number of rotatable bonds is 14. The van der Waals surface area contributed by atoms with Gasteiger partial charge in [0.25, 0.3) is 0 Å². The van der Waals surface area contributed by atoms with Crippen LogP contribution in [-0.2, 0) is 16.5 Å². The number of aryl methyl sites for hydroxylation is 2. The first-order valence-corrected chi connectivity index (χ1v) is 11.4. The molecule has 0 heterocycles. The highest BCUT2D eigenvalue weighted by molar-refractivity contribution is 8.08. The van der Waals surface area contributed by atoms with Crippen molar-refractivity contribution in [3.05, 3.63) is 71.8 Å². The van der Waals surface area contributed by atoms with Crippen LogP contribution in [0.1, 0.15) is 49.7 Å². The van der Waals surface area contributed by atoms with Crippen molar-refractivity contribution in [2.24, 2.45) is 11.5 Å². The largest absolute Gasteiger partial charge is 0.317 e. The molecule has 0 radical (unpaired) electrons. The second kappa shape index (κ2) is 14.1. The summed E-state index contributed by atoms with van der Waals surface area (Å²) in [6, 6.07) is 21.2. The second-order valence-corrected chi connectivity index (χ2v) is 8.94. The quantitative estimate of drug-likeness (QED) is 0.240. The first-order valence-electron chi connectivity index (χ1n) is 9.82. The molecule has 0 aromatic heterocycles. The molecule has 5 heteroatoms. The highest BCUT2D eigenvalue weighted by atomic mass is 32.2. The molecule has 2 aromatic rings. The van der Waals surface area contributed by atoms with Gasteiger partial charge in [0.2, 0.25) is 0 Å². The van der Waals surface area contributed by atoms with Crippen molar-refractivity contribution >= 4 is 24.1 Å². The number of benzene rings is 2. The highest BCUT2D eigenvalue weighted by Crippen LogP contribution is 2.24. The standard InChI is InChI=1S/C22H32N2OS2/c23-21(17-9-7-15-19-11-3-1-4-12-19)26-25-27-22(24)18-10-8-16-20-13-5-2-6-14-20/h1-6,11-14,21-22H,7-10,15-18,23-24H2. The first-order chi connectivity index (χ1) is 13.2. The maximum Gasteiger partial charge on any atom is 0.0786 e. The predicted octanol–water partition coefficient (Wildman–Crippen LogP) is 5.70. The Kier molecular flexibility index (Phi) is 11.6. The molecule has 0 aliphatic carbocycles. The van der Waals surface area contributed by atoms with Gasteiger partial charge in [0.05, 0.1) is 10.7 Å². The van der Waals surface area contributed by atoms with Gasteiger partial charge in [-0.05, 0) is 49.7 Å². The summed E-state index contributed by atoms with van der Waals surface area (Å²) in [5.41, 5.74) is 15.0. The van der Waals surface area contributed by atoms with Crippen LogP contribution in [0.3, 0.4) is 0 Å². The lowest BCUT2D eigenvalue weighted by Gasteiger charge is -2.13. The van der Waals surface area contributed by atoms with Crippen molar-refractivity contribution in [2.75, 3.05) is 0 Å². The summed E-state index contributed by atoms with van der Waals surface area (Å²) in [7, 11) is 0. The summed E-state index contributed by atoms with van der Waals surface area (Å²) >= 11 is 2.70. The number of unbranched alkanes of at least 4 members (excludes halogenated alkanes) is 2. The van der Waals surface area contributed by atoms with Gasteiger partial charge in [0.1, 0.15) is 0 Å². The third kappa shape index (κ3) is 10.8. The van der Waals surface area contributed by atoms with Crippen molar-refractivity contribution in [2.45, 2.75) is 62.1 Å². The van der Waals surface area contributed by atoms with E-state index in [0.717, 1.165) is 51.4 Å². The van der Waals surface area contributed by atoms with Crippen LogP contribution in [0.25, 0.3) is 0 Å². The lowest BCUT2D eigenvalue weighted by molar-refractivity contribution is 0.628. The molecule has 2 rings (SSSR count). The van der Waals surface area contributed by atoms with E-state index in [1.807, 2.05) is 0 Å². The number of nitrogens with two attached hydrogens (primary N) is 2. The third-order valence-electron chi connectivity index (χ3n) is 4.42. The average molecular weight is 405 g/mol. The van der Waals surface area contributed by atoms with Gasteiger partial charge in [-0.25, -0.2) is 3.63 Å². The number of hydrogen-bond donors (Lipinski definition) is 2. The van der Waals surface area contributed by atoms with Crippen LogP contribution in [-0.4, -0.2) is 10.7 Å². The van der Waals surface area contributed by atoms with E-state index in [9.17, 15) is 0 Å². The smallest absolute Gasteiger partial charge is 0.0786 e. The van der Waals surface area contributed by atoms with Gasteiger partial charge >= 0.3 is 0 Å². The molecule has 0 saturated heterocycles. The first kappa shape index (κ1) is 22.3. The van der Waals surface area contributed by atoms with Gasteiger partial charge in [-0.15, -0.1) is 0 Å². The summed E-state index contributed by atoms with van der Waals surface area (Å²) < 4.78 is 5.57. The van der Waals surface area contributed by atoms with E-state index in [1.54, 1.807) is 0 Å². The minimum Gasteiger partial charge on any atom is -0.317 e. The van der Waals surface area contributed by atoms with E-state index < -0.39 is 0 Å². The minimum absolute atomic E-state index is 0.0125. The molecule has 148 valence electrons. The second-order valence-electron chi connectivity index (χ2n) is 6.80. The molecule has 0 aliphatic rings. The van der Waals surface area contributed by atoms with Crippen LogP contribution in [0.2, 0.25) is 0 Å². The van der Waals surface area contributed by atoms with E-state index in [1.165, 1.54) is 35.2 Å². The Labute approximate surface area is 173 Å². The Morgan fingerprint density at radius 1 is 0.630 bits per heavy atom. The van der Waals surface area contributed by atoms with Crippen LogP contribution < -0.4 is 11.5 Å². The normalized spacial score (nSPS) is 13.4. The third-order valence-corrected chi connectivity index (χ3v) is 6.01. The van der Waals surface area contributed by atoms with Crippen molar-refractivity contribution < 1.29 is 3.63 Å². The maximum atomic E-state index is 6.11. The molecule has 2 unspecified atom stereocenters. The van der Waals surface area contributed by atoms with E-state index >= 15 is 0 Å². The van der Waals surface area contributed by atoms with Crippen LogP contribution in [0.5, 0.6) is 0 Å². The summed E-state index contributed by atoms with van der Waals surface area (Å²) in [5, 5.41) is 0.0251. The molecule has 0 saturated carbocycles. The van der Waals surface area contributed by atoms with E-state index in [0.29, 0.717) is 0 Å². The minimum atomic E-state index is 0.0125. The maximum absolute atomic E-state index is 6.11. The molecule has 27 heavy (non-hydrogen) atoms. The molecule has 0 amide bonds. The van der Waals surface area contributed by atoms with E-state index in [-0.39, 0.29) is 10.7 Å². The van der Waals surface area contributed by atoms with Gasteiger partial charge in [-0.2, -0.15) is 0 Å². The molecule has 0 spiro atoms. The lowest BCUT2D eigenvalue weighted by atomic mass is 10.1. The summed E-state index contributed by atoms with van der Waals surface area (Å²) in [6.07, 6.45) is 8.70. The monoisotopic (exact) mass is 404 g/mol. The molecule has 0 aliphatic heterocycles. The zero-order chi connectivity index (χ0) is 19.2. The summed E-state index contributed by atoms with van der Waals surface area (Å²) in [4.78, 5) is 0. The van der Waals surface area contributed by atoms with Crippen molar-refractivity contribution in [3.63, 3.8) is 0 Å². The summed E-state index contributed by atoms with van der Waals surface area (Å²) in [6.45, 7) is 0. The fourth-order valence-electron chi connectivity index (χ4n) is 2.86. The predicted molar refractivity (Wildman–Crippen MR) is 120 cm³/mol. The van der Waals surface area contributed by atoms with E-state index in [4.69, 9.17) is 15.1 Å². The summed E-state index contributed by atoms with van der Waals surface area (Å²) in [5.74, 6) is 0. The van der Waals surface area contributed by atoms with E-state index in [2.05, 4.69) is 60.7 Å². The Morgan fingerprint density at radius 3 is 1.44 bits per heavy atom. The molecule has 2 aromatic carbocycles. The molecule has 0 bridgehead atoms. The fraction of sp³-hybridized carbons (Fsp3) is 0.455. The van der Waals surface area contributed by atoms with Gasteiger partial charge in [0, 0.05) is 24.1 Å². The Morgan fingerprint density at radius 2 is 1.04 bits per heavy atom. The van der Waals surface area contributed by atoms with Crippen LogP contribution >= 0.6 is 24.1 Å². The van der Waals surface area contributed by atoms with Crippen molar-refractivity contribution in [1.29, 1.82) is 0 Å². The van der Waals surface area contributed by atoms with Gasteiger partial charge in [-0.3, -0.25) is 0 Å². The fourth-order valence-corrected chi connectivity index (χ4v) is 4.37. The Bertz CT molecular complexity index is 544. The number of hydrogen-bond acceptors (Lipinski definition) is 5. The topological polar surface area (TPSA) is 61.3 Å². The molecular formula is C22H32N2OS2. The lowest BCUT2D eigenvalue weighted by Crippen LogP contribution is -2.18. The molecule has 0 fully saturated rings. The van der Waals surface area contributed by atoms with Gasteiger partial charge in [-0.1, -0.05) is 73.5 Å². The van der Waals surface area contributed by atoms with Crippen molar-refractivity contribution in [3.8, 4) is 0 Å². The average Bonchev–Trinajstić information content (AvgIpc) is 2.70. The Balaban J connectivity index is 1.42. The molecule has 2 atom stereocenters. The zero-order valence-corrected chi connectivity index (χ0v) is 17.6. The van der Waals surface area contributed by atoms with Crippen LogP contribution in [0.4, 0.5) is 0 Å². The molecule has 3 nitrogen and oxygen atoms in total. The SMILES string of the molecule is NC(CCCCc1ccccc1)SOSC(N)CCCCc1ccccc1. The zero-order valence-electron chi connectivity index (χ0n) is 16.0. The van der Waals surface area contributed by atoms with Crippen LogP contribution in [0.15, 0.2) is 60.7 Å². The van der Waals surface area contributed by atoms with Crippen molar-refractivity contribution in [1.82, 2.24) is 0 Å².